The zero-order chi connectivity index (χ0) is 16.7. The van der Waals surface area contributed by atoms with E-state index < -0.39 is 0 Å². The molecule has 1 saturated heterocycles. The number of carbonyl (C=O) groups is 2. The number of likely N-dealkylation sites (N-methyl/N-ethyl adjacent to an activating group) is 1. The van der Waals surface area contributed by atoms with E-state index in [1.807, 2.05) is 18.7 Å². The van der Waals surface area contributed by atoms with Crippen LogP contribution >= 0.6 is 11.6 Å². The smallest absolute Gasteiger partial charge is 0.251 e. The first-order valence-electron chi connectivity index (χ1n) is 7.92. The number of aromatic nitrogens is 1. The third-order valence-electron chi connectivity index (χ3n) is 4.65. The van der Waals surface area contributed by atoms with E-state index in [9.17, 15) is 9.59 Å². The summed E-state index contributed by atoms with van der Waals surface area (Å²) in [6.45, 7) is 5.54. The van der Waals surface area contributed by atoms with Gasteiger partial charge in [-0.05, 0) is 18.9 Å². The maximum atomic E-state index is 12.8. The van der Waals surface area contributed by atoms with Gasteiger partial charge in [0, 0.05) is 32.8 Å². The molecular formula is C16H21ClN4O2. The number of carbonyl (C=O) groups excluding carboxylic acids is 2. The fourth-order valence-electron chi connectivity index (χ4n) is 3.35. The van der Waals surface area contributed by atoms with Crippen LogP contribution in [0.1, 0.15) is 25.3 Å². The molecule has 0 bridgehead atoms. The number of nitrogens with zero attached hydrogens (tertiary/aromatic N) is 4. The van der Waals surface area contributed by atoms with Crippen LogP contribution in [0.2, 0.25) is 5.02 Å². The minimum absolute atomic E-state index is 0.0151. The third kappa shape index (κ3) is 2.55. The molecule has 1 atom stereocenters. The molecule has 7 heteroatoms. The summed E-state index contributed by atoms with van der Waals surface area (Å²) in [6, 6.07) is -0.366. The van der Waals surface area contributed by atoms with Crippen LogP contribution in [0, 0.1) is 6.92 Å². The highest BCUT2D eigenvalue weighted by atomic mass is 35.5. The molecule has 1 fully saturated rings. The second kappa shape index (κ2) is 6.00. The Morgan fingerprint density at radius 3 is 2.87 bits per heavy atom. The number of hydrogen-bond donors (Lipinski definition) is 0. The van der Waals surface area contributed by atoms with Gasteiger partial charge in [0.15, 0.2) is 5.82 Å². The first-order chi connectivity index (χ1) is 11.0. The average molecular weight is 337 g/mol. The zero-order valence-corrected chi connectivity index (χ0v) is 14.4. The van der Waals surface area contributed by atoms with Crippen molar-refractivity contribution in [3.8, 4) is 0 Å². The fraction of sp³-hybridized carbons (Fsp3) is 0.562. The maximum absolute atomic E-state index is 12.8. The van der Waals surface area contributed by atoms with E-state index in [1.54, 1.807) is 23.0 Å². The van der Waals surface area contributed by atoms with Crippen LogP contribution in [0.4, 0.5) is 11.5 Å². The lowest BCUT2D eigenvalue weighted by molar-refractivity contribution is -0.133. The van der Waals surface area contributed by atoms with Crippen LogP contribution in [0.25, 0.3) is 0 Å². The molecule has 3 rings (SSSR count). The van der Waals surface area contributed by atoms with Crippen molar-refractivity contribution in [1.29, 1.82) is 0 Å². The quantitative estimate of drug-likeness (QED) is 0.827. The van der Waals surface area contributed by atoms with Gasteiger partial charge < -0.3 is 14.7 Å². The first-order valence-corrected chi connectivity index (χ1v) is 8.30. The predicted octanol–water partition coefficient (Wildman–Crippen LogP) is 1.84. The highest BCUT2D eigenvalue weighted by Crippen LogP contribution is 2.39. The summed E-state index contributed by atoms with van der Waals surface area (Å²) in [5, 5.41) is 0.554. The summed E-state index contributed by atoms with van der Waals surface area (Å²) in [7, 11) is 1.75. The van der Waals surface area contributed by atoms with Gasteiger partial charge in [-0.25, -0.2) is 4.98 Å². The van der Waals surface area contributed by atoms with Crippen LogP contribution in [0.3, 0.4) is 0 Å². The molecule has 2 aliphatic rings. The second-order valence-corrected chi connectivity index (χ2v) is 6.51. The van der Waals surface area contributed by atoms with Gasteiger partial charge in [0.25, 0.3) is 5.91 Å². The highest BCUT2D eigenvalue weighted by molar-refractivity contribution is 6.32. The Morgan fingerprint density at radius 2 is 2.17 bits per heavy atom. The topological polar surface area (TPSA) is 56.8 Å². The molecule has 0 unspecified atom stereocenters. The average Bonchev–Trinajstić information content (AvgIpc) is 2.55. The van der Waals surface area contributed by atoms with Gasteiger partial charge >= 0.3 is 0 Å². The van der Waals surface area contributed by atoms with Crippen molar-refractivity contribution in [3.63, 3.8) is 0 Å². The molecular weight excluding hydrogens is 316 g/mol. The van der Waals surface area contributed by atoms with E-state index >= 15 is 0 Å². The fourth-order valence-corrected chi connectivity index (χ4v) is 3.49. The number of fused-ring (bicyclic) bond motifs is 3. The van der Waals surface area contributed by atoms with E-state index in [2.05, 4.69) is 4.98 Å². The number of hydrogen-bond acceptors (Lipinski definition) is 4. The van der Waals surface area contributed by atoms with Crippen molar-refractivity contribution in [2.24, 2.45) is 0 Å². The summed E-state index contributed by atoms with van der Waals surface area (Å²) < 4.78 is 0. The van der Waals surface area contributed by atoms with Crippen LogP contribution in [-0.2, 0) is 9.59 Å². The normalized spacial score (nSPS) is 20.4. The Morgan fingerprint density at radius 1 is 1.43 bits per heavy atom. The van der Waals surface area contributed by atoms with Gasteiger partial charge in [-0.1, -0.05) is 18.5 Å². The maximum Gasteiger partial charge on any atom is 0.251 e. The van der Waals surface area contributed by atoms with E-state index in [4.69, 9.17) is 11.6 Å². The number of rotatable bonds is 2. The Balaban J connectivity index is 1.94. The van der Waals surface area contributed by atoms with Gasteiger partial charge in [0.05, 0.1) is 17.3 Å². The standard InChI is InChI=1S/C16H21ClN4O2/c1-4-5-13(22)20-6-7-21-12(9-20)16(23)19(3)14-10(2)11(17)8-18-15(14)21/h8,12H,4-7,9H2,1-3H3/t12-/m0/s1. The minimum Gasteiger partial charge on any atom is -0.339 e. The van der Waals surface area contributed by atoms with Gasteiger partial charge in [0.1, 0.15) is 6.04 Å². The predicted molar refractivity (Wildman–Crippen MR) is 90.0 cm³/mol. The Bertz CT molecular complexity index is 664. The van der Waals surface area contributed by atoms with Crippen molar-refractivity contribution in [1.82, 2.24) is 9.88 Å². The summed E-state index contributed by atoms with van der Waals surface area (Å²) in [4.78, 5) is 34.8. The molecule has 0 aromatic carbocycles. The molecule has 0 saturated carbocycles. The van der Waals surface area contributed by atoms with E-state index in [0.29, 0.717) is 31.1 Å². The largest absolute Gasteiger partial charge is 0.339 e. The van der Waals surface area contributed by atoms with Crippen LogP contribution < -0.4 is 9.80 Å². The molecule has 3 heterocycles. The van der Waals surface area contributed by atoms with Gasteiger partial charge in [-0.2, -0.15) is 0 Å². The summed E-state index contributed by atoms with van der Waals surface area (Å²) in [5.74, 6) is 0.883. The zero-order valence-electron chi connectivity index (χ0n) is 13.7. The lowest BCUT2D eigenvalue weighted by atomic mass is 10.0. The number of pyridine rings is 1. The molecule has 1 aromatic heterocycles. The Labute approximate surface area is 141 Å². The van der Waals surface area contributed by atoms with Crippen LogP contribution in [-0.4, -0.2) is 54.4 Å². The molecule has 124 valence electrons. The van der Waals surface area contributed by atoms with Gasteiger partial charge in [0.2, 0.25) is 5.91 Å². The van der Waals surface area contributed by atoms with Crippen molar-refractivity contribution >= 4 is 34.9 Å². The molecule has 6 nitrogen and oxygen atoms in total. The SMILES string of the molecule is CCCC(=O)N1CCN2c3ncc(Cl)c(C)c3N(C)C(=O)[C@@H]2C1. The van der Waals surface area contributed by atoms with E-state index in [1.165, 1.54) is 0 Å². The molecule has 1 aromatic rings. The number of amides is 2. The molecule has 0 aliphatic carbocycles. The van der Waals surface area contributed by atoms with Crippen molar-refractivity contribution in [3.05, 3.63) is 16.8 Å². The van der Waals surface area contributed by atoms with Crippen molar-refractivity contribution in [2.75, 3.05) is 36.5 Å². The molecule has 23 heavy (non-hydrogen) atoms. The number of anilines is 2. The van der Waals surface area contributed by atoms with E-state index in [-0.39, 0.29) is 17.9 Å². The van der Waals surface area contributed by atoms with Crippen LogP contribution in [0.5, 0.6) is 0 Å². The molecule has 0 spiro atoms. The Kier molecular flexibility index (Phi) is 4.19. The highest BCUT2D eigenvalue weighted by Gasteiger charge is 2.42. The van der Waals surface area contributed by atoms with Crippen molar-refractivity contribution < 1.29 is 9.59 Å². The first kappa shape index (κ1) is 16.1. The number of halogens is 1. The van der Waals surface area contributed by atoms with Gasteiger partial charge in [-0.15, -0.1) is 0 Å². The Hall–Kier alpha value is -1.82. The summed E-state index contributed by atoms with van der Waals surface area (Å²) in [5.41, 5.74) is 1.63. The second-order valence-electron chi connectivity index (χ2n) is 6.10. The lowest BCUT2D eigenvalue weighted by Crippen LogP contribution is -2.63. The van der Waals surface area contributed by atoms with Crippen molar-refractivity contribution in [2.45, 2.75) is 32.7 Å². The lowest BCUT2D eigenvalue weighted by Gasteiger charge is -2.46. The summed E-state index contributed by atoms with van der Waals surface area (Å²) >= 11 is 6.16. The third-order valence-corrected chi connectivity index (χ3v) is 5.03. The molecule has 2 amide bonds. The van der Waals surface area contributed by atoms with Gasteiger partial charge in [-0.3, -0.25) is 9.59 Å². The van der Waals surface area contributed by atoms with E-state index in [0.717, 1.165) is 23.5 Å². The minimum atomic E-state index is -0.366. The molecule has 2 aliphatic heterocycles. The monoisotopic (exact) mass is 336 g/mol. The molecule has 0 radical (unpaired) electrons. The summed E-state index contributed by atoms with van der Waals surface area (Å²) in [6.07, 6.45) is 2.98. The number of piperazine rings is 1. The van der Waals surface area contributed by atoms with Crippen LogP contribution in [0.15, 0.2) is 6.20 Å². The molecule has 0 N–H and O–H groups in total.